The minimum Gasteiger partial charge on any atom is -0.375 e. The smallest absolute Gasteiger partial charge is 0.180 e. The van der Waals surface area contributed by atoms with Gasteiger partial charge >= 0.3 is 0 Å². The second kappa shape index (κ2) is 5.34. The van der Waals surface area contributed by atoms with Crippen LogP contribution >= 0.6 is 23.7 Å². The van der Waals surface area contributed by atoms with E-state index in [1.54, 1.807) is 11.3 Å². The summed E-state index contributed by atoms with van der Waals surface area (Å²) in [5.41, 5.74) is 6.15. The van der Waals surface area contributed by atoms with Gasteiger partial charge in [0.1, 0.15) is 0 Å². The van der Waals surface area contributed by atoms with E-state index in [0.717, 1.165) is 6.54 Å². The number of nitrogens with zero attached hydrogens (tertiary/aromatic N) is 2. The molecule has 0 radical (unpaired) electrons. The SMILES string of the molecule is CCC1(C)CCN(Cc2cnc(N)s2)C1.Cl. The number of nitrogens with two attached hydrogens (primary N) is 1. The molecule has 2 rings (SSSR count). The van der Waals surface area contributed by atoms with Crippen LogP contribution in [0.25, 0.3) is 0 Å². The van der Waals surface area contributed by atoms with E-state index < -0.39 is 0 Å². The highest BCUT2D eigenvalue weighted by molar-refractivity contribution is 7.15. The lowest BCUT2D eigenvalue weighted by Gasteiger charge is -2.22. The first-order chi connectivity index (χ1) is 7.11. The van der Waals surface area contributed by atoms with Crippen LogP contribution in [-0.2, 0) is 6.54 Å². The molecule has 0 spiro atoms. The molecule has 1 aliphatic rings. The Morgan fingerprint density at radius 3 is 2.88 bits per heavy atom. The van der Waals surface area contributed by atoms with E-state index in [1.165, 1.54) is 30.8 Å². The summed E-state index contributed by atoms with van der Waals surface area (Å²) in [5, 5.41) is 0.683. The molecule has 1 unspecified atom stereocenters. The van der Waals surface area contributed by atoms with Crippen LogP contribution in [0.2, 0.25) is 0 Å². The van der Waals surface area contributed by atoms with Crippen LogP contribution in [0.3, 0.4) is 0 Å². The first-order valence-corrected chi connectivity index (χ1v) is 6.35. The molecule has 1 aromatic rings. The summed E-state index contributed by atoms with van der Waals surface area (Å²) in [7, 11) is 0. The summed E-state index contributed by atoms with van der Waals surface area (Å²) < 4.78 is 0. The summed E-state index contributed by atoms with van der Waals surface area (Å²) in [6.07, 6.45) is 4.49. The van der Waals surface area contributed by atoms with Gasteiger partial charge in [0.25, 0.3) is 0 Å². The van der Waals surface area contributed by atoms with Gasteiger partial charge in [0.2, 0.25) is 0 Å². The summed E-state index contributed by atoms with van der Waals surface area (Å²) >= 11 is 1.61. The van der Waals surface area contributed by atoms with E-state index in [1.807, 2.05) is 6.20 Å². The lowest BCUT2D eigenvalue weighted by Crippen LogP contribution is -2.23. The number of likely N-dealkylation sites (tertiary alicyclic amines) is 1. The number of halogens is 1. The van der Waals surface area contributed by atoms with Gasteiger partial charge in [-0.1, -0.05) is 13.8 Å². The highest BCUT2D eigenvalue weighted by Crippen LogP contribution is 2.34. The van der Waals surface area contributed by atoms with Crippen molar-refractivity contribution >= 4 is 28.9 Å². The molecule has 3 nitrogen and oxygen atoms in total. The van der Waals surface area contributed by atoms with Gasteiger partial charge in [-0.05, 0) is 24.8 Å². The maximum Gasteiger partial charge on any atom is 0.180 e. The number of aromatic nitrogens is 1. The Balaban J connectivity index is 0.00000128. The molecule has 1 aliphatic heterocycles. The Hall–Kier alpha value is -0.320. The number of nitrogen functional groups attached to an aromatic ring is 1. The largest absolute Gasteiger partial charge is 0.375 e. The Morgan fingerprint density at radius 2 is 2.38 bits per heavy atom. The Bertz CT molecular complexity index is 342. The molecule has 1 aromatic heterocycles. The molecule has 1 saturated heterocycles. The predicted molar refractivity (Wildman–Crippen MR) is 72.1 cm³/mol. The molecular formula is C11H20ClN3S. The van der Waals surface area contributed by atoms with Crippen molar-refractivity contribution in [1.29, 1.82) is 0 Å². The first-order valence-electron chi connectivity index (χ1n) is 5.54. The zero-order valence-electron chi connectivity index (χ0n) is 9.90. The van der Waals surface area contributed by atoms with Gasteiger partial charge in [0.15, 0.2) is 5.13 Å². The maximum atomic E-state index is 5.62. The molecule has 0 aliphatic carbocycles. The standard InChI is InChI=1S/C11H19N3S.ClH/c1-3-11(2)4-5-14(8-11)7-9-6-13-10(12)15-9;/h6H,3-5,7-8H2,1-2H3,(H2,12,13);1H. The average molecular weight is 262 g/mol. The number of rotatable bonds is 3. The third kappa shape index (κ3) is 3.09. The molecule has 2 N–H and O–H groups in total. The van der Waals surface area contributed by atoms with Gasteiger partial charge in [-0.25, -0.2) is 4.98 Å². The number of anilines is 1. The lowest BCUT2D eigenvalue weighted by molar-refractivity contribution is 0.264. The van der Waals surface area contributed by atoms with Gasteiger partial charge < -0.3 is 5.73 Å². The Morgan fingerprint density at radius 1 is 1.62 bits per heavy atom. The minimum absolute atomic E-state index is 0. The quantitative estimate of drug-likeness (QED) is 0.910. The van der Waals surface area contributed by atoms with Crippen molar-refractivity contribution in [3.63, 3.8) is 0 Å². The van der Waals surface area contributed by atoms with E-state index in [9.17, 15) is 0 Å². The summed E-state index contributed by atoms with van der Waals surface area (Å²) in [6.45, 7) is 8.11. The highest BCUT2D eigenvalue weighted by atomic mass is 35.5. The van der Waals surface area contributed by atoms with Crippen molar-refractivity contribution < 1.29 is 0 Å². The summed E-state index contributed by atoms with van der Waals surface area (Å²) in [4.78, 5) is 7.88. The third-order valence-electron chi connectivity index (χ3n) is 3.44. The van der Waals surface area contributed by atoms with E-state index in [2.05, 4.69) is 23.7 Å². The van der Waals surface area contributed by atoms with E-state index in [-0.39, 0.29) is 12.4 Å². The lowest BCUT2D eigenvalue weighted by atomic mass is 9.87. The molecule has 1 fully saturated rings. The van der Waals surface area contributed by atoms with E-state index in [0.29, 0.717) is 10.5 Å². The monoisotopic (exact) mass is 261 g/mol. The van der Waals surface area contributed by atoms with E-state index >= 15 is 0 Å². The van der Waals surface area contributed by atoms with Crippen molar-refractivity contribution in [2.75, 3.05) is 18.8 Å². The molecule has 0 bridgehead atoms. The van der Waals surface area contributed by atoms with Crippen LogP contribution in [0.4, 0.5) is 5.13 Å². The maximum absolute atomic E-state index is 5.62. The van der Waals surface area contributed by atoms with Gasteiger partial charge in [-0.15, -0.1) is 23.7 Å². The van der Waals surface area contributed by atoms with Crippen molar-refractivity contribution in [3.8, 4) is 0 Å². The predicted octanol–water partition coefficient (Wildman–Crippen LogP) is 2.77. The van der Waals surface area contributed by atoms with Crippen LogP contribution in [0.15, 0.2) is 6.20 Å². The fraction of sp³-hybridized carbons (Fsp3) is 0.727. The van der Waals surface area contributed by atoms with Crippen LogP contribution in [-0.4, -0.2) is 23.0 Å². The zero-order valence-corrected chi connectivity index (χ0v) is 11.5. The molecule has 1 atom stereocenters. The van der Waals surface area contributed by atoms with Crippen molar-refractivity contribution in [1.82, 2.24) is 9.88 Å². The molecule has 0 saturated carbocycles. The molecule has 16 heavy (non-hydrogen) atoms. The van der Waals surface area contributed by atoms with Crippen LogP contribution < -0.4 is 5.73 Å². The van der Waals surface area contributed by atoms with Gasteiger partial charge in [0.05, 0.1) is 0 Å². The minimum atomic E-state index is 0. The zero-order chi connectivity index (χ0) is 10.9. The Labute approximate surface area is 107 Å². The molecule has 92 valence electrons. The Kier molecular flexibility index (Phi) is 4.59. The summed E-state index contributed by atoms with van der Waals surface area (Å²) in [6, 6.07) is 0. The topological polar surface area (TPSA) is 42.2 Å². The molecule has 0 amide bonds. The van der Waals surface area contributed by atoms with E-state index in [4.69, 9.17) is 5.73 Å². The molecule has 2 heterocycles. The van der Waals surface area contributed by atoms with Gasteiger partial charge in [-0.2, -0.15) is 0 Å². The average Bonchev–Trinajstić information content (AvgIpc) is 2.76. The summed E-state index contributed by atoms with van der Waals surface area (Å²) in [5.74, 6) is 0. The van der Waals surface area contributed by atoms with Crippen molar-refractivity contribution in [2.45, 2.75) is 33.2 Å². The fourth-order valence-electron chi connectivity index (χ4n) is 2.17. The molecule has 0 aromatic carbocycles. The fourth-order valence-corrected chi connectivity index (χ4v) is 2.89. The van der Waals surface area contributed by atoms with Crippen LogP contribution in [0.5, 0.6) is 0 Å². The van der Waals surface area contributed by atoms with Crippen molar-refractivity contribution in [3.05, 3.63) is 11.1 Å². The van der Waals surface area contributed by atoms with Gasteiger partial charge in [0, 0.05) is 24.2 Å². The van der Waals surface area contributed by atoms with Crippen LogP contribution in [0.1, 0.15) is 31.6 Å². The second-order valence-electron chi connectivity index (χ2n) is 4.79. The van der Waals surface area contributed by atoms with Gasteiger partial charge in [-0.3, -0.25) is 4.90 Å². The highest BCUT2D eigenvalue weighted by Gasteiger charge is 2.31. The molecular weight excluding hydrogens is 242 g/mol. The number of hydrogen-bond acceptors (Lipinski definition) is 4. The number of hydrogen-bond donors (Lipinski definition) is 1. The normalized spacial score (nSPS) is 25.6. The third-order valence-corrected chi connectivity index (χ3v) is 4.25. The molecule has 5 heteroatoms. The van der Waals surface area contributed by atoms with Crippen molar-refractivity contribution in [2.24, 2.45) is 5.41 Å². The second-order valence-corrected chi connectivity index (χ2v) is 5.94. The first kappa shape index (κ1) is 13.7. The number of thiazole rings is 1. The van der Waals surface area contributed by atoms with Crippen LogP contribution in [0, 0.1) is 5.41 Å².